The van der Waals surface area contributed by atoms with E-state index in [0.29, 0.717) is 5.92 Å². The lowest BCUT2D eigenvalue weighted by Gasteiger charge is -2.40. The number of carbonyl (C=O) groups excluding carboxylic acids is 1. The van der Waals surface area contributed by atoms with Gasteiger partial charge >= 0.3 is 6.09 Å². The minimum atomic E-state index is -0.545. The molecule has 180 valence electrons. The van der Waals surface area contributed by atoms with Gasteiger partial charge in [0.05, 0.1) is 46.4 Å². The highest BCUT2D eigenvalue weighted by atomic mass is 79.9. The highest BCUT2D eigenvalue weighted by molar-refractivity contribution is 9.10. The molecule has 1 saturated carbocycles. The summed E-state index contributed by atoms with van der Waals surface area (Å²) < 4.78 is 6.76. The van der Waals surface area contributed by atoms with Gasteiger partial charge in [-0.2, -0.15) is 0 Å². The Morgan fingerprint density at radius 1 is 1.14 bits per heavy atom. The fraction of sp³-hybridized carbons (Fsp3) is 0.370. The summed E-state index contributed by atoms with van der Waals surface area (Å²) in [4.78, 5) is 24.5. The van der Waals surface area contributed by atoms with Crippen LogP contribution in [0.1, 0.15) is 33.6 Å². The van der Waals surface area contributed by atoms with Crippen molar-refractivity contribution in [2.24, 2.45) is 5.92 Å². The molecule has 0 radical (unpaired) electrons. The van der Waals surface area contributed by atoms with Crippen molar-refractivity contribution in [2.75, 3.05) is 10.6 Å². The fourth-order valence-electron chi connectivity index (χ4n) is 5.50. The predicted molar refractivity (Wildman–Crippen MR) is 141 cm³/mol. The summed E-state index contributed by atoms with van der Waals surface area (Å²) in [5.74, 6) is 0.441. The molecule has 3 aromatic rings. The predicted octanol–water partition coefficient (Wildman–Crippen LogP) is 6.18. The molecule has 2 N–H and O–H groups in total. The van der Waals surface area contributed by atoms with E-state index in [4.69, 9.17) is 9.72 Å². The Labute approximate surface area is 213 Å². The van der Waals surface area contributed by atoms with Gasteiger partial charge in [0.15, 0.2) is 0 Å². The second kappa shape index (κ2) is 7.95. The van der Waals surface area contributed by atoms with Gasteiger partial charge < -0.3 is 15.4 Å². The molecule has 1 saturated heterocycles. The minimum Gasteiger partial charge on any atom is -0.444 e. The molecule has 35 heavy (non-hydrogen) atoms. The first kappa shape index (κ1) is 22.3. The van der Waals surface area contributed by atoms with Gasteiger partial charge in [-0.15, -0.1) is 0 Å². The van der Waals surface area contributed by atoms with E-state index >= 15 is 0 Å². The second-order valence-electron chi connectivity index (χ2n) is 10.7. The van der Waals surface area contributed by atoms with Crippen LogP contribution >= 0.6 is 15.9 Å². The SMILES string of the molecule is C=C1CC2CC(C3Nc4ccc(-c5cnc6cc(Br)ccc6n5)cc4N3)N(C(=O)OC(C)(C)C)C12. The average Bonchev–Trinajstić information content (AvgIpc) is 3.35. The van der Waals surface area contributed by atoms with E-state index in [1.165, 1.54) is 0 Å². The number of hydrogen-bond donors (Lipinski definition) is 2. The van der Waals surface area contributed by atoms with E-state index in [1.807, 2.05) is 43.9 Å². The number of benzene rings is 2. The molecule has 2 fully saturated rings. The van der Waals surface area contributed by atoms with Crippen LogP contribution in [0, 0.1) is 5.92 Å². The van der Waals surface area contributed by atoms with Crippen molar-refractivity contribution in [3.8, 4) is 11.3 Å². The number of ether oxygens (including phenoxy) is 1. The van der Waals surface area contributed by atoms with Crippen LogP contribution in [0.25, 0.3) is 22.3 Å². The first-order chi connectivity index (χ1) is 16.7. The molecular weight excluding hydrogens is 506 g/mol. The zero-order chi connectivity index (χ0) is 24.5. The van der Waals surface area contributed by atoms with Gasteiger partial charge in [-0.3, -0.25) is 9.88 Å². The normalized spacial score (nSPS) is 24.9. The molecule has 2 aliphatic heterocycles. The lowest BCUT2D eigenvalue weighted by molar-refractivity contribution is 0.0123. The Bertz CT molecular complexity index is 1370. The molecule has 1 amide bonds. The largest absolute Gasteiger partial charge is 0.444 e. The Kier molecular flexibility index (Phi) is 5.07. The number of rotatable bonds is 2. The third-order valence-electron chi connectivity index (χ3n) is 7.02. The summed E-state index contributed by atoms with van der Waals surface area (Å²) in [6, 6.07) is 12.1. The van der Waals surface area contributed by atoms with Gasteiger partial charge in [-0.1, -0.05) is 34.1 Å². The summed E-state index contributed by atoms with van der Waals surface area (Å²) in [7, 11) is 0. The maximum Gasteiger partial charge on any atom is 0.411 e. The van der Waals surface area contributed by atoms with Crippen molar-refractivity contribution in [3.63, 3.8) is 0 Å². The number of fused-ring (bicyclic) bond motifs is 3. The monoisotopic (exact) mass is 533 g/mol. The van der Waals surface area contributed by atoms with E-state index in [-0.39, 0.29) is 24.3 Å². The number of hydrogen-bond acceptors (Lipinski definition) is 6. The van der Waals surface area contributed by atoms with Crippen molar-refractivity contribution in [2.45, 2.75) is 57.5 Å². The van der Waals surface area contributed by atoms with Crippen molar-refractivity contribution in [3.05, 3.63) is 59.2 Å². The van der Waals surface area contributed by atoms with Crippen LogP contribution in [0.15, 0.2) is 59.2 Å². The van der Waals surface area contributed by atoms with Gasteiger partial charge in [0.1, 0.15) is 11.8 Å². The Morgan fingerprint density at radius 3 is 2.71 bits per heavy atom. The van der Waals surface area contributed by atoms with Crippen LogP contribution in [-0.2, 0) is 4.74 Å². The number of nitrogens with zero attached hydrogens (tertiary/aromatic N) is 3. The highest BCUT2D eigenvalue weighted by Gasteiger charge is 2.54. The van der Waals surface area contributed by atoms with Crippen LogP contribution in [0.5, 0.6) is 0 Å². The number of anilines is 2. The number of nitrogens with one attached hydrogen (secondary N) is 2. The Hall–Kier alpha value is -3.13. The average molecular weight is 534 g/mol. The molecule has 4 atom stereocenters. The number of aromatic nitrogens is 2. The van der Waals surface area contributed by atoms with Crippen LogP contribution in [0.4, 0.5) is 16.2 Å². The number of halogens is 1. The third kappa shape index (κ3) is 3.93. The molecule has 3 aliphatic rings. The molecule has 8 heteroatoms. The first-order valence-electron chi connectivity index (χ1n) is 11.9. The van der Waals surface area contributed by atoms with E-state index in [2.05, 4.69) is 56.3 Å². The van der Waals surface area contributed by atoms with E-state index in [9.17, 15) is 4.79 Å². The second-order valence-corrected chi connectivity index (χ2v) is 11.6. The van der Waals surface area contributed by atoms with Crippen molar-refractivity contribution < 1.29 is 9.53 Å². The minimum absolute atomic E-state index is 0.0335. The van der Waals surface area contributed by atoms with E-state index < -0.39 is 5.60 Å². The Balaban J connectivity index is 1.26. The lowest BCUT2D eigenvalue weighted by Crippen LogP contribution is -2.53. The third-order valence-corrected chi connectivity index (χ3v) is 7.51. The van der Waals surface area contributed by atoms with Gasteiger partial charge in [0.25, 0.3) is 0 Å². The molecule has 4 unspecified atom stereocenters. The van der Waals surface area contributed by atoms with Gasteiger partial charge in [-0.25, -0.2) is 9.78 Å². The van der Waals surface area contributed by atoms with Crippen molar-refractivity contribution in [1.82, 2.24) is 14.9 Å². The molecule has 0 bridgehead atoms. The molecule has 7 nitrogen and oxygen atoms in total. The van der Waals surface area contributed by atoms with Gasteiger partial charge in [-0.05, 0) is 69.9 Å². The Morgan fingerprint density at radius 2 is 1.94 bits per heavy atom. The smallest absolute Gasteiger partial charge is 0.411 e. The maximum absolute atomic E-state index is 13.2. The maximum atomic E-state index is 13.2. The first-order valence-corrected chi connectivity index (χ1v) is 12.7. The lowest BCUT2D eigenvalue weighted by atomic mass is 9.76. The van der Waals surface area contributed by atoms with Crippen molar-refractivity contribution >= 4 is 44.4 Å². The van der Waals surface area contributed by atoms with Gasteiger partial charge in [0.2, 0.25) is 0 Å². The molecular formula is C27H28BrN5O2. The van der Waals surface area contributed by atoms with E-state index in [1.54, 1.807) is 6.20 Å². The number of likely N-dealkylation sites (tertiary alicyclic amines) is 1. The van der Waals surface area contributed by atoms with Gasteiger partial charge in [0, 0.05) is 10.0 Å². The summed E-state index contributed by atoms with van der Waals surface area (Å²) in [5, 5.41) is 7.21. The van der Waals surface area contributed by atoms with Crippen molar-refractivity contribution in [1.29, 1.82) is 0 Å². The standard InChI is InChI=1S/C27H28BrN5O2/c1-14-9-16-11-23(33(24(14)16)26(34)35-27(2,3)4)25-31-19-7-5-15(10-21(19)32-25)22-13-29-20-12-17(28)6-8-18(20)30-22/h5-8,10,12-13,16,23-25,31-32H,1,9,11H2,2-4H3. The molecule has 6 rings (SSSR count). The van der Waals surface area contributed by atoms with Crippen LogP contribution in [0.2, 0.25) is 0 Å². The quantitative estimate of drug-likeness (QED) is 0.383. The molecule has 1 aliphatic carbocycles. The molecule has 0 spiro atoms. The fourth-order valence-corrected chi connectivity index (χ4v) is 5.85. The summed E-state index contributed by atoms with van der Waals surface area (Å²) in [6.07, 6.45) is 3.32. The summed E-state index contributed by atoms with van der Waals surface area (Å²) in [5.41, 5.74) is 6.08. The van der Waals surface area contributed by atoms with Crippen LogP contribution in [-0.4, -0.2) is 44.8 Å². The summed E-state index contributed by atoms with van der Waals surface area (Å²) >= 11 is 3.48. The molecule has 1 aromatic heterocycles. The zero-order valence-corrected chi connectivity index (χ0v) is 21.6. The number of amides is 1. The number of carbonyl (C=O) groups is 1. The summed E-state index contributed by atoms with van der Waals surface area (Å²) in [6.45, 7) is 9.91. The zero-order valence-electron chi connectivity index (χ0n) is 20.0. The molecule has 3 heterocycles. The van der Waals surface area contributed by atoms with Crippen LogP contribution in [0.3, 0.4) is 0 Å². The topological polar surface area (TPSA) is 79.4 Å². The van der Waals surface area contributed by atoms with E-state index in [0.717, 1.165) is 56.6 Å². The van der Waals surface area contributed by atoms with Crippen LogP contribution < -0.4 is 10.6 Å². The highest BCUT2D eigenvalue weighted by Crippen LogP contribution is 2.49. The molecule has 2 aromatic carbocycles.